The van der Waals surface area contributed by atoms with Crippen molar-refractivity contribution in [2.45, 2.75) is 6.42 Å². The Hall–Kier alpha value is -3.40. The van der Waals surface area contributed by atoms with E-state index in [2.05, 4.69) is 36.4 Å². The highest BCUT2D eigenvalue weighted by Crippen LogP contribution is 2.33. The first-order chi connectivity index (χ1) is 15.0. The number of carbonyl (C=O) groups is 2. The van der Waals surface area contributed by atoms with Gasteiger partial charge in [-0.1, -0.05) is 12.1 Å². The molecule has 1 aliphatic rings. The van der Waals surface area contributed by atoms with E-state index in [0.29, 0.717) is 22.9 Å². The zero-order chi connectivity index (χ0) is 22.0. The van der Waals surface area contributed by atoms with Crippen LogP contribution in [0, 0.1) is 5.92 Å². The number of hydrogen-bond donors (Lipinski definition) is 2. The SMILES string of the molecule is COc1ccc(-c2nc(NC(=O)C3CC(=O)N(c4ccccc4Br)C3)n[nH]2)c(OC)c1. The molecule has 2 amide bonds. The van der Waals surface area contributed by atoms with Gasteiger partial charge in [0, 0.05) is 23.5 Å². The summed E-state index contributed by atoms with van der Waals surface area (Å²) in [4.78, 5) is 31.2. The van der Waals surface area contributed by atoms with Crippen molar-refractivity contribution in [3.8, 4) is 22.9 Å². The highest BCUT2D eigenvalue weighted by atomic mass is 79.9. The molecule has 1 saturated heterocycles. The van der Waals surface area contributed by atoms with Crippen LogP contribution >= 0.6 is 15.9 Å². The molecule has 10 heteroatoms. The second kappa shape index (κ2) is 8.76. The Morgan fingerprint density at radius 1 is 1.23 bits per heavy atom. The predicted octanol–water partition coefficient (Wildman–Crippen LogP) is 3.24. The maximum Gasteiger partial charge on any atom is 0.249 e. The summed E-state index contributed by atoms with van der Waals surface area (Å²) in [7, 11) is 3.12. The van der Waals surface area contributed by atoms with Gasteiger partial charge in [-0.2, -0.15) is 4.98 Å². The first kappa shape index (κ1) is 20.9. The maximum atomic E-state index is 12.7. The van der Waals surface area contributed by atoms with Gasteiger partial charge in [0.25, 0.3) is 0 Å². The van der Waals surface area contributed by atoms with Crippen LogP contribution in [0.25, 0.3) is 11.4 Å². The molecule has 0 aliphatic carbocycles. The molecular formula is C21H20BrN5O4. The van der Waals surface area contributed by atoms with Crippen LogP contribution in [0.5, 0.6) is 11.5 Å². The molecule has 2 heterocycles. The highest BCUT2D eigenvalue weighted by molar-refractivity contribution is 9.10. The lowest BCUT2D eigenvalue weighted by atomic mass is 10.1. The summed E-state index contributed by atoms with van der Waals surface area (Å²) in [6.45, 7) is 0.289. The largest absolute Gasteiger partial charge is 0.497 e. The lowest BCUT2D eigenvalue weighted by molar-refractivity contribution is -0.122. The first-order valence-electron chi connectivity index (χ1n) is 9.50. The van der Waals surface area contributed by atoms with Gasteiger partial charge in [0.2, 0.25) is 17.8 Å². The normalized spacial score (nSPS) is 15.8. The topological polar surface area (TPSA) is 109 Å². The number of para-hydroxylation sites is 1. The van der Waals surface area contributed by atoms with Crippen molar-refractivity contribution < 1.29 is 19.1 Å². The van der Waals surface area contributed by atoms with E-state index in [1.165, 1.54) is 0 Å². The number of H-pyrrole nitrogens is 1. The Morgan fingerprint density at radius 3 is 2.77 bits per heavy atom. The molecule has 1 aliphatic heterocycles. The van der Waals surface area contributed by atoms with Gasteiger partial charge in [-0.25, -0.2) is 0 Å². The molecule has 31 heavy (non-hydrogen) atoms. The predicted molar refractivity (Wildman–Crippen MR) is 118 cm³/mol. The Morgan fingerprint density at radius 2 is 2.03 bits per heavy atom. The molecule has 1 atom stereocenters. The molecule has 0 bridgehead atoms. The smallest absolute Gasteiger partial charge is 0.249 e. The van der Waals surface area contributed by atoms with Crippen LogP contribution < -0.4 is 19.7 Å². The van der Waals surface area contributed by atoms with Crippen LogP contribution in [-0.4, -0.2) is 47.8 Å². The lowest BCUT2D eigenvalue weighted by Crippen LogP contribution is -2.28. The standard InChI is InChI=1S/C21H20BrN5O4/c1-30-13-7-8-14(17(10-13)31-2)19-23-21(26-25-19)24-20(29)12-9-18(28)27(11-12)16-6-4-3-5-15(16)22/h3-8,10,12H,9,11H2,1-2H3,(H2,23,24,25,26,29). The third-order valence-corrected chi connectivity index (χ3v) is 5.69. The lowest BCUT2D eigenvalue weighted by Gasteiger charge is -2.18. The molecule has 3 aromatic rings. The minimum absolute atomic E-state index is 0.106. The molecule has 1 fully saturated rings. The van der Waals surface area contributed by atoms with Gasteiger partial charge >= 0.3 is 0 Å². The second-order valence-corrected chi connectivity index (χ2v) is 7.77. The first-order valence-corrected chi connectivity index (χ1v) is 10.3. The average molecular weight is 486 g/mol. The molecule has 0 radical (unpaired) electrons. The van der Waals surface area contributed by atoms with Gasteiger partial charge in [-0.3, -0.25) is 20.0 Å². The number of aromatic amines is 1. The van der Waals surface area contributed by atoms with Crippen molar-refractivity contribution in [2.24, 2.45) is 5.92 Å². The van der Waals surface area contributed by atoms with Crippen molar-refractivity contribution in [3.05, 3.63) is 46.9 Å². The van der Waals surface area contributed by atoms with Crippen molar-refractivity contribution in [2.75, 3.05) is 31.0 Å². The van der Waals surface area contributed by atoms with E-state index in [9.17, 15) is 9.59 Å². The van der Waals surface area contributed by atoms with Gasteiger partial charge in [-0.05, 0) is 40.2 Å². The minimum atomic E-state index is -0.503. The molecule has 0 saturated carbocycles. The van der Waals surface area contributed by atoms with Crippen LogP contribution in [0.15, 0.2) is 46.9 Å². The van der Waals surface area contributed by atoms with E-state index >= 15 is 0 Å². The third kappa shape index (κ3) is 4.24. The number of hydrogen-bond acceptors (Lipinski definition) is 6. The molecule has 0 spiro atoms. The summed E-state index contributed by atoms with van der Waals surface area (Å²) in [5, 5.41) is 9.56. The molecule has 4 rings (SSSR count). The molecule has 2 aromatic carbocycles. The van der Waals surface area contributed by atoms with Crippen LogP contribution in [0.3, 0.4) is 0 Å². The minimum Gasteiger partial charge on any atom is -0.497 e. The van der Waals surface area contributed by atoms with Crippen LogP contribution in [0.4, 0.5) is 11.6 Å². The van der Waals surface area contributed by atoms with E-state index in [4.69, 9.17) is 9.47 Å². The number of anilines is 2. The van der Waals surface area contributed by atoms with Gasteiger partial charge < -0.3 is 14.4 Å². The number of nitrogens with zero attached hydrogens (tertiary/aromatic N) is 3. The molecule has 9 nitrogen and oxygen atoms in total. The number of methoxy groups -OCH3 is 2. The zero-order valence-electron chi connectivity index (χ0n) is 16.9. The average Bonchev–Trinajstić information content (AvgIpc) is 3.40. The fourth-order valence-corrected chi connectivity index (χ4v) is 3.93. The number of aromatic nitrogens is 3. The Bertz CT molecular complexity index is 1130. The van der Waals surface area contributed by atoms with Gasteiger partial charge in [0.1, 0.15) is 11.5 Å². The number of benzene rings is 2. The Kier molecular flexibility index (Phi) is 5.90. The molecule has 160 valence electrons. The summed E-state index contributed by atoms with van der Waals surface area (Å²) in [6.07, 6.45) is 0.122. The maximum absolute atomic E-state index is 12.7. The summed E-state index contributed by atoms with van der Waals surface area (Å²) in [5.74, 6) is 0.850. The zero-order valence-corrected chi connectivity index (χ0v) is 18.5. The van der Waals surface area contributed by atoms with Crippen molar-refractivity contribution in [1.82, 2.24) is 15.2 Å². The van der Waals surface area contributed by atoms with Gasteiger partial charge in [-0.15, -0.1) is 5.10 Å². The molecule has 1 aromatic heterocycles. The summed E-state index contributed by atoms with van der Waals surface area (Å²) in [5.41, 5.74) is 1.42. The summed E-state index contributed by atoms with van der Waals surface area (Å²) >= 11 is 3.45. The van der Waals surface area contributed by atoms with Crippen molar-refractivity contribution in [3.63, 3.8) is 0 Å². The second-order valence-electron chi connectivity index (χ2n) is 6.92. The van der Waals surface area contributed by atoms with Crippen LogP contribution in [-0.2, 0) is 9.59 Å². The number of halogens is 1. The fourth-order valence-electron chi connectivity index (χ4n) is 3.43. The molecular weight excluding hydrogens is 466 g/mol. The number of amides is 2. The Labute approximate surface area is 186 Å². The number of ether oxygens (including phenoxy) is 2. The highest BCUT2D eigenvalue weighted by Gasteiger charge is 2.36. The number of carbonyl (C=O) groups excluding carboxylic acids is 2. The molecule has 2 N–H and O–H groups in total. The van der Waals surface area contributed by atoms with Crippen molar-refractivity contribution >= 4 is 39.4 Å². The fraction of sp³-hybridized carbons (Fsp3) is 0.238. The van der Waals surface area contributed by atoms with E-state index in [1.807, 2.05) is 24.3 Å². The number of rotatable bonds is 6. The van der Waals surface area contributed by atoms with E-state index in [0.717, 1.165) is 10.2 Å². The molecule has 1 unspecified atom stereocenters. The number of nitrogens with one attached hydrogen (secondary N) is 2. The van der Waals surface area contributed by atoms with Gasteiger partial charge in [0.05, 0.1) is 31.4 Å². The van der Waals surface area contributed by atoms with Crippen molar-refractivity contribution in [1.29, 1.82) is 0 Å². The summed E-state index contributed by atoms with van der Waals surface area (Å²) < 4.78 is 11.4. The van der Waals surface area contributed by atoms with Gasteiger partial charge in [0.15, 0.2) is 5.82 Å². The Balaban J connectivity index is 1.46. The van der Waals surface area contributed by atoms with Crippen LogP contribution in [0.1, 0.15) is 6.42 Å². The van der Waals surface area contributed by atoms with E-state index in [-0.39, 0.29) is 30.7 Å². The quantitative estimate of drug-likeness (QED) is 0.554. The monoisotopic (exact) mass is 485 g/mol. The van der Waals surface area contributed by atoms with E-state index in [1.54, 1.807) is 37.3 Å². The summed E-state index contributed by atoms with van der Waals surface area (Å²) in [6, 6.07) is 12.7. The van der Waals surface area contributed by atoms with E-state index < -0.39 is 5.92 Å². The van der Waals surface area contributed by atoms with Crippen LogP contribution in [0.2, 0.25) is 0 Å². The third-order valence-electron chi connectivity index (χ3n) is 5.02.